The predicted octanol–water partition coefficient (Wildman–Crippen LogP) is 0.780. The van der Waals surface area contributed by atoms with Crippen molar-refractivity contribution in [2.45, 2.75) is 95.5 Å². The van der Waals surface area contributed by atoms with Gasteiger partial charge in [-0.3, -0.25) is 43.2 Å². The summed E-state index contributed by atoms with van der Waals surface area (Å²) < 4.78 is 9.51. The first-order valence-electron chi connectivity index (χ1n) is 19.1. The van der Waals surface area contributed by atoms with Crippen molar-refractivity contribution in [2.24, 2.45) is 11.8 Å². The van der Waals surface area contributed by atoms with Gasteiger partial charge in [-0.15, -0.1) is 0 Å². The van der Waals surface area contributed by atoms with Gasteiger partial charge in [0, 0.05) is 50.5 Å². The molecule has 0 aromatic heterocycles. The lowest BCUT2D eigenvalue weighted by atomic mass is 9.92. The number of carbonyl (C=O) groups excluding carboxylic acids is 6. The summed E-state index contributed by atoms with van der Waals surface area (Å²) >= 11 is 5.00. The molecule has 0 saturated heterocycles. The molecule has 1 rings (SSSR count). The molecule has 0 radical (unpaired) electrons. The molecule has 2 amide bonds. The summed E-state index contributed by atoms with van der Waals surface area (Å²) in [7, 11) is 2.37. The van der Waals surface area contributed by atoms with Gasteiger partial charge < -0.3 is 56.3 Å². The van der Waals surface area contributed by atoms with E-state index >= 15 is 0 Å². The van der Waals surface area contributed by atoms with Crippen molar-refractivity contribution in [3.63, 3.8) is 0 Å². The molecular formula is C38H50N4O18S3. The van der Waals surface area contributed by atoms with E-state index in [1.807, 2.05) is 0 Å². The zero-order chi connectivity index (χ0) is 47.5. The number of carboxylic acids is 5. The number of benzene rings is 1. The van der Waals surface area contributed by atoms with E-state index in [0.717, 1.165) is 10.8 Å². The highest BCUT2D eigenvalue weighted by Gasteiger charge is 2.32. The molecule has 0 aliphatic heterocycles. The molecule has 1 aromatic carbocycles. The van der Waals surface area contributed by atoms with Gasteiger partial charge in [0.2, 0.25) is 11.8 Å². The summed E-state index contributed by atoms with van der Waals surface area (Å²) in [6.07, 6.45) is -6.16. The van der Waals surface area contributed by atoms with Gasteiger partial charge in [-0.2, -0.15) is 0 Å². The number of thiocarbonyl (C=S) groups is 1. The average Bonchev–Trinajstić information content (AvgIpc) is 3.20. The Labute approximate surface area is 373 Å². The molecule has 1 aromatic rings. The number of nitrogens with one attached hydrogen (secondary N) is 4. The van der Waals surface area contributed by atoms with Crippen LogP contribution in [0.4, 0.5) is 0 Å². The first-order chi connectivity index (χ1) is 29.7. The minimum absolute atomic E-state index is 0.0161. The molecule has 22 nitrogen and oxygen atoms in total. The van der Waals surface area contributed by atoms with Crippen LogP contribution in [-0.4, -0.2) is 139 Å². The average molecular weight is 947 g/mol. The van der Waals surface area contributed by atoms with Crippen molar-refractivity contribution in [1.29, 1.82) is 0 Å². The van der Waals surface area contributed by atoms with Crippen molar-refractivity contribution >= 4 is 105 Å². The molecule has 0 spiro atoms. The van der Waals surface area contributed by atoms with E-state index in [-0.39, 0.29) is 36.8 Å². The number of hydrogen-bond acceptors (Lipinski definition) is 16. The molecule has 0 bridgehead atoms. The fourth-order valence-corrected chi connectivity index (χ4v) is 7.85. The lowest BCUT2D eigenvalue weighted by Gasteiger charge is -2.23. The van der Waals surface area contributed by atoms with Gasteiger partial charge in [0.05, 0.1) is 30.7 Å². The fraction of sp³-hybridized carbons (Fsp3) is 0.526. The molecule has 0 saturated carbocycles. The van der Waals surface area contributed by atoms with E-state index in [1.54, 1.807) is 30.3 Å². The minimum atomic E-state index is -1.68. The monoisotopic (exact) mass is 946 g/mol. The van der Waals surface area contributed by atoms with Crippen molar-refractivity contribution in [1.82, 2.24) is 21.3 Å². The van der Waals surface area contributed by atoms with Crippen LogP contribution in [0.3, 0.4) is 0 Å². The highest BCUT2D eigenvalue weighted by Crippen LogP contribution is 2.26. The summed E-state index contributed by atoms with van der Waals surface area (Å²) in [6, 6.07) is 3.81. The van der Waals surface area contributed by atoms with Crippen LogP contribution in [0.15, 0.2) is 30.3 Å². The van der Waals surface area contributed by atoms with Crippen molar-refractivity contribution in [2.75, 3.05) is 18.1 Å². The Morgan fingerprint density at radius 1 is 0.698 bits per heavy atom. The number of carboxylic acid groups (broad SMARTS) is 5. The smallest absolute Gasteiger partial charge is 0.326 e. The maximum absolute atomic E-state index is 13.6. The van der Waals surface area contributed by atoms with E-state index in [1.165, 1.54) is 17.7 Å². The molecule has 0 aliphatic rings. The van der Waals surface area contributed by atoms with Crippen molar-refractivity contribution < 1.29 is 87.7 Å². The van der Waals surface area contributed by atoms with E-state index in [9.17, 15) is 73.2 Å². The molecule has 63 heavy (non-hydrogen) atoms. The standard InChI is InChI=1S/C38H50N4O18S3/c1-21(44)59-13-14-62-63-19-24(35(53)54)17-29(46)28(15-22-5-3-2-4-6-22)40-34(52)23(18-33(50)51)16-25(45)7-8-26(36(55)56)39-30(47)10-9-27(37(57)58)41-38(61)42-31(60-20-43)11-12-32(48)49/h2-6,20,23-24,26-28,31H,7-19H2,1H3,(H,39,47)(H,40,52)(H,48,49)(H,50,51)(H,53,54)(H,55,56)(H,57,58)(H2,41,42,61)/t23-,24-,26-,27+,28-,31-/m0/s1. The molecule has 0 aliphatic carbocycles. The van der Waals surface area contributed by atoms with Gasteiger partial charge in [-0.05, 0) is 37.0 Å². The normalized spacial score (nSPS) is 13.5. The van der Waals surface area contributed by atoms with Gasteiger partial charge in [0.1, 0.15) is 24.5 Å². The van der Waals surface area contributed by atoms with Gasteiger partial charge in [-0.25, -0.2) is 9.59 Å². The second-order valence-electron chi connectivity index (χ2n) is 13.6. The number of Topliss-reactive ketones (excluding diaryl/α,β-unsaturated/α-hetero) is 2. The van der Waals surface area contributed by atoms with E-state index in [0.29, 0.717) is 11.3 Å². The summed E-state index contributed by atoms with van der Waals surface area (Å²) in [5, 5.41) is 56.6. The lowest BCUT2D eigenvalue weighted by Crippen LogP contribution is -2.50. The van der Waals surface area contributed by atoms with Gasteiger partial charge in [0.25, 0.3) is 6.47 Å². The number of rotatable bonds is 34. The molecular weight excluding hydrogens is 897 g/mol. The Morgan fingerprint density at radius 3 is 1.90 bits per heavy atom. The highest BCUT2D eigenvalue weighted by molar-refractivity contribution is 8.76. The van der Waals surface area contributed by atoms with Crippen LogP contribution >= 0.6 is 33.8 Å². The molecule has 25 heteroatoms. The van der Waals surface area contributed by atoms with Crippen LogP contribution in [0, 0.1) is 11.8 Å². The molecule has 0 unspecified atom stereocenters. The minimum Gasteiger partial charge on any atom is -0.481 e. The Kier molecular flexibility index (Phi) is 26.5. The largest absolute Gasteiger partial charge is 0.481 e. The van der Waals surface area contributed by atoms with Gasteiger partial charge in [0.15, 0.2) is 17.1 Å². The molecule has 348 valence electrons. The highest BCUT2D eigenvalue weighted by atomic mass is 33.1. The third-order valence-electron chi connectivity index (χ3n) is 8.62. The Morgan fingerprint density at radius 2 is 1.33 bits per heavy atom. The van der Waals surface area contributed by atoms with Gasteiger partial charge >= 0.3 is 35.8 Å². The van der Waals surface area contributed by atoms with Crippen LogP contribution < -0.4 is 21.3 Å². The van der Waals surface area contributed by atoms with Crippen LogP contribution in [0.1, 0.15) is 70.3 Å². The number of carbonyl (C=O) groups is 11. The van der Waals surface area contributed by atoms with Crippen LogP contribution in [0.5, 0.6) is 0 Å². The predicted molar refractivity (Wildman–Crippen MR) is 226 cm³/mol. The third-order valence-corrected chi connectivity index (χ3v) is 11.3. The summed E-state index contributed by atoms with van der Waals surface area (Å²) in [6.45, 7) is 1.37. The molecule has 0 fully saturated rings. The zero-order valence-corrected chi connectivity index (χ0v) is 36.3. The number of hydrogen-bond donors (Lipinski definition) is 9. The number of ether oxygens (including phenoxy) is 2. The SMILES string of the molecule is CC(=O)OCCSSC[C@H](CC(=O)[C@H](Cc1ccccc1)NC(=O)[C@H](CC(=O)O)CC(=O)CC[C@H](NC(=O)CC[C@@H](NC(=S)N[C@H](CCC(=O)O)OC=O)C(=O)O)C(=O)O)C(=O)O. The Bertz CT molecular complexity index is 1790. The maximum atomic E-state index is 13.6. The van der Waals surface area contributed by atoms with Crippen molar-refractivity contribution in [3.05, 3.63) is 35.9 Å². The number of aliphatic carboxylic acids is 5. The fourth-order valence-electron chi connectivity index (χ4n) is 5.45. The molecule has 9 N–H and O–H groups in total. The molecule has 6 atom stereocenters. The molecule has 0 heterocycles. The number of amides is 2. The number of ketones is 2. The second kappa shape index (κ2) is 30.3. The first kappa shape index (κ1) is 55.2. The quantitative estimate of drug-likeness (QED) is 0.0115. The first-order valence-corrected chi connectivity index (χ1v) is 22.0. The summed E-state index contributed by atoms with van der Waals surface area (Å²) in [5.74, 6) is -13.3. The van der Waals surface area contributed by atoms with E-state index in [4.69, 9.17) is 22.1 Å². The van der Waals surface area contributed by atoms with Crippen molar-refractivity contribution in [3.8, 4) is 0 Å². The topological polar surface area (TPSA) is 356 Å². The van der Waals surface area contributed by atoms with Crippen LogP contribution in [0.25, 0.3) is 0 Å². The second-order valence-corrected chi connectivity index (χ2v) is 16.7. The number of esters is 1. The van der Waals surface area contributed by atoms with E-state index < -0.39 is 147 Å². The summed E-state index contributed by atoms with van der Waals surface area (Å²) in [4.78, 5) is 133. The van der Waals surface area contributed by atoms with E-state index in [2.05, 4.69) is 26.0 Å². The summed E-state index contributed by atoms with van der Waals surface area (Å²) in [5.41, 5.74) is 0.575. The van der Waals surface area contributed by atoms with Gasteiger partial charge in [-0.1, -0.05) is 51.9 Å². The third kappa shape index (κ3) is 25.0. The Hall–Kier alpha value is -5.82. The van der Waals surface area contributed by atoms with Crippen LogP contribution in [-0.2, 0) is 68.6 Å². The Balaban J connectivity index is 2.96. The maximum Gasteiger partial charge on any atom is 0.326 e. The van der Waals surface area contributed by atoms with Crippen LogP contribution in [0.2, 0.25) is 0 Å². The lowest BCUT2D eigenvalue weighted by molar-refractivity contribution is -0.144. The zero-order valence-electron chi connectivity index (χ0n) is 33.9.